The summed E-state index contributed by atoms with van der Waals surface area (Å²) < 4.78 is 6.46. The Kier molecular flexibility index (Phi) is 7.30. The largest absolute Gasteiger partial charge is 0.475 e. The summed E-state index contributed by atoms with van der Waals surface area (Å²) in [7, 11) is 0. The number of fused-ring (bicyclic) bond motifs is 1. The number of nitrogens with zero attached hydrogens (tertiary/aromatic N) is 1. The molecule has 168 valence electrons. The number of hydrogen-bond donors (Lipinski definition) is 1. The van der Waals surface area contributed by atoms with E-state index in [0.29, 0.717) is 12.1 Å². The molecule has 1 N–H and O–H groups in total. The van der Waals surface area contributed by atoms with Gasteiger partial charge in [0.25, 0.3) is 0 Å². The molecule has 2 aromatic rings. The minimum Gasteiger partial charge on any atom is -0.475 e. The summed E-state index contributed by atoms with van der Waals surface area (Å²) in [6.07, 6.45) is 8.87. The lowest BCUT2D eigenvalue weighted by molar-refractivity contribution is 0.0596. The molecular formula is C27H37NO2S. The molecule has 0 amide bonds. The third kappa shape index (κ3) is 4.97. The van der Waals surface area contributed by atoms with Gasteiger partial charge in [-0.25, -0.2) is 0 Å². The molecule has 2 unspecified atom stereocenters. The zero-order valence-corrected chi connectivity index (χ0v) is 20.1. The van der Waals surface area contributed by atoms with Crippen LogP contribution in [0.2, 0.25) is 0 Å². The van der Waals surface area contributed by atoms with E-state index >= 15 is 0 Å². The first kappa shape index (κ1) is 22.7. The van der Waals surface area contributed by atoms with Crippen molar-refractivity contribution < 1.29 is 9.84 Å². The highest BCUT2D eigenvalue weighted by molar-refractivity contribution is 8.00. The molecule has 31 heavy (non-hydrogen) atoms. The molecule has 4 rings (SSSR count). The van der Waals surface area contributed by atoms with E-state index in [1.165, 1.54) is 21.6 Å². The van der Waals surface area contributed by atoms with Gasteiger partial charge in [-0.1, -0.05) is 74.3 Å². The molecule has 0 saturated carbocycles. The third-order valence-corrected chi connectivity index (χ3v) is 8.30. The van der Waals surface area contributed by atoms with Crippen LogP contribution in [-0.2, 0) is 6.42 Å². The molecule has 0 aliphatic carbocycles. The van der Waals surface area contributed by atoms with Crippen molar-refractivity contribution >= 4 is 11.8 Å². The van der Waals surface area contributed by atoms with Gasteiger partial charge in [0.05, 0.1) is 11.6 Å². The molecule has 0 radical (unpaired) electrons. The Morgan fingerprint density at radius 2 is 1.81 bits per heavy atom. The van der Waals surface area contributed by atoms with Crippen molar-refractivity contribution in [3.63, 3.8) is 0 Å². The highest BCUT2D eigenvalue weighted by atomic mass is 32.2. The number of aliphatic hydroxyl groups is 1. The van der Waals surface area contributed by atoms with Gasteiger partial charge < -0.3 is 9.84 Å². The number of aryl methyl sites for hydroxylation is 2. The van der Waals surface area contributed by atoms with Crippen LogP contribution in [0.5, 0.6) is 5.75 Å². The van der Waals surface area contributed by atoms with Gasteiger partial charge in [-0.05, 0) is 68.7 Å². The van der Waals surface area contributed by atoms with Crippen LogP contribution in [0.15, 0.2) is 47.4 Å². The van der Waals surface area contributed by atoms with E-state index in [1.54, 1.807) is 0 Å². The van der Waals surface area contributed by atoms with E-state index in [2.05, 4.69) is 68.1 Å². The number of thioether (sulfide) groups is 1. The Morgan fingerprint density at radius 3 is 2.48 bits per heavy atom. The monoisotopic (exact) mass is 439 g/mol. The van der Waals surface area contributed by atoms with Gasteiger partial charge in [0.1, 0.15) is 5.75 Å². The quantitative estimate of drug-likeness (QED) is 0.462. The second-order valence-electron chi connectivity index (χ2n) is 9.25. The molecule has 2 heterocycles. The standard InChI is InChI=1S/C27H37NO2S/c1-4-16-27(17-5-2)30-25-15-11-22(18-26(25)31-27)24-14-13-23(28(24)19-29)12-10-21-8-6-20(3)7-9-21/h6-9,11,15,18,23-24,29H,4-5,10,12-14,16-17,19H2,1-3H3. The number of aliphatic hydroxyl groups excluding tert-OH is 1. The molecular weight excluding hydrogens is 402 g/mol. The van der Waals surface area contributed by atoms with Crippen LogP contribution in [0.1, 0.15) is 81.5 Å². The summed E-state index contributed by atoms with van der Waals surface area (Å²) in [6, 6.07) is 16.3. The van der Waals surface area contributed by atoms with Crippen molar-refractivity contribution in [1.29, 1.82) is 0 Å². The number of rotatable bonds is 9. The summed E-state index contributed by atoms with van der Waals surface area (Å²) in [5, 5.41) is 10.2. The predicted molar refractivity (Wildman–Crippen MR) is 130 cm³/mol. The average Bonchev–Trinajstić information content (AvgIpc) is 3.33. The maximum absolute atomic E-state index is 10.2. The van der Waals surface area contributed by atoms with Crippen molar-refractivity contribution in [1.82, 2.24) is 4.90 Å². The molecule has 0 aromatic heterocycles. The van der Waals surface area contributed by atoms with Gasteiger partial charge in [0.15, 0.2) is 4.93 Å². The molecule has 2 aliphatic rings. The first-order valence-corrected chi connectivity index (χ1v) is 12.8. The molecule has 2 aliphatic heterocycles. The molecule has 2 aromatic carbocycles. The van der Waals surface area contributed by atoms with Gasteiger partial charge in [-0.15, -0.1) is 0 Å². The normalized spacial score (nSPS) is 22.5. The van der Waals surface area contributed by atoms with Crippen molar-refractivity contribution in [3.8, 4) is 5.75 Å². The molecule has 0 spiro atoms. The van der Waals surface area contributed by atoms with E-state index < -0.39 is 0 Å². The topological polar surface area (TPSA) is 32.7 Å². The summed E-state index contributed by atoms with van der Waals surface area (Å²) in [4.78, 5) is 3.50. The smallest absolute Gasteiger partial charge is 0.159 e. The Labute approximate surface area is 192 Å². The van der Waals surface area contributed by atoms with Gasteiger partial charge in [-0.3, -0.25) is 4.90 Å². The average molecular weight is 440 g/mol. The molecule has 3 nitrogen and oxygen atoms in total. The SMILES string of the molecule is CCCC1(CCC)Oc2ccc(C3CCC(CCc4ccc(C)cc4)N3CO)cc2S1. The van der Waals surface area contributed by atoms with Gasteiger partial charge in [0, 0.05) is 12.1 Å². The fourth-order valence-electron chi connectivity index (χ4n) is 5.32. The van der Waals surface area contributed by atoms with Crippen molar-refractivity contribution in [2.45, 2.75) is 94.1 Å². The van der Waals surface area contributed by atoms with Crippen LogP contribution in [0, 0.1) is 6.92 Å². The molecule has 0 bridgehead atoms. The summed E-state index contributed by atoms with van der Waals surface area (Å²) in [5.74, 6) is 1.04. The highest BCUT2D eigenvalue weighted by Gasteiger charge is 2.40. The molecule has 1 fully saturated rings. The minimum atomic E-state index is -0.0899. The Morgan fingerprint density at radius 1 is 1.06 bits per heavy atom. The predicted octanol–water partition coefficient (Wildman–Crippen LogP) is 6.86. The lowest BCUT2D eigenvalue weighted by Crippen LogP contribution is -2.32. The maximum atomic E-state index is 10.2. The number of likely N-dealkylation sites (tertiary alicyclic amines) is 1. The first-order valence-electron chi connectivity index (χ1n) is 12.0. The number of benzene rings is 2. The van der Waals surface area contributed by atoms with Gasteiger partial charge in [0.2, 0.25) is 0 Å². The van der Waals surface area contributed by atoms with Crippen LogP contribution < -0.4 is 4.74 Å². The van der Waals surface area contributed by atoms with Crippen LogP contribution >= 0.6 is 11.8 Å². The van der Waals surface area contributed by atoms with E-state index in [9.17, 15) is 5.11 Å². The maximum Gasteiger partial charge on any atom is 0.159 e. The van der Waals surface area contributed by atoms with Crippen molar-refractivity contribution in [2.24, 2.45) is 0 Å². The number of hydrogen-bond acceptors (Lipinski definition) is 4. The third-order valence-electron chi connectivity index (χ3n) is 6.90. The first-order chi connectivity index (χ1) is 15.1. The molecule has 2 atom stereocenters. The Bertz CT molecular complexity index is 860. The minimum absolute atomic E-state index is 0.0899. The van der Waals surface area contributed by atoms with Gasteiger partial charge >= 0.3 is 0 Å². The van der Waals surface area contributed by atoms with E-state index in [1.807, 2.05) is 11.8 Å². The Balaban J connectivity index is 1.45. The summed E-state index contributed by atoms with van der Waals surface area (Å²) >= 11 is 1.92. The zero-order chi connectivity index (χ0) is 21.8. The molecule has 4 heteroatoms. The van der Waals surface area contributed by atoms with E-state index in [4.69, 9.17) is 4.74 Å². The summed E-state index contributed by atoms with van der Waals surface area (Å²) in [6.45, 7) is 6.74. The van der Waals surface area contributed by atoms with Crippen LogP contribution in [0.25, 0.3) is 0 Å². The van der Waals surface area contributed by atoms with Crippen molar-refractivity contribution in [3.05, 3.63) is 59.2 Å². The van der Waals surface area contributed by atoms with Crippen molar-refractivity contribution in [2.75, 3.05) is 6.73 Å². The van der Waals surface area contributed by atoms with Crippen LogP contribution in [-0.4, -0.2) is 27.7 Å². The second kappa shape index (κ2) is 9.97. The van der Waals surface area contributed by atoms with Crippen LogP contribution in [0.3, 0.4) is 0 Å². The highest BCUT2D eigenvalue weighted by Crippen LogP contribution is 2.53. The Hall–Kier alpha value is -1.49. The summed E-state index contributed by atoms with van der Waals surface area (Å²) in [5.41, 5.74) is 4.02. The van der Waals surface area contributed by atoms with E-state index in [-0.39, 0.29) is 11.7 Å². The fraction of sp³-hybridized carbons (Fsp3) is 0.556. The van der Waals surface area contributed by atoms with Crippen LogP contribution in [0.4, 0.5) is 0 Å². The van der Waals surface area contributed by atoms with Gasteiger partial charge in [-0.2, -0.15) is 0 Å². The fourth-order valence-corrected chi connectivity index (χ4v) is 6.87. The molecule has 1 saturated heterocycles. The number of ether oxygens (including phenoxy) is 1. The lowest BCUT2D eigenvalue weighted by atomic mass is 10.0. The second-order valence-corrected chi connectivity index (χ2v) is 10.6. The lowest BCUT2D eigenvalue weighted by Gasteiger charge is -2.28. The van der Waals surface area contributed by atoms with E-state index in [0.717, 1.165) is 57.1 Å². The zero-order valence-electron chi connectivity index (χ0n) is 19.3.